The zero-order chi connectivity index (χ0) is 27.0. The molecule has 0 saturated carbocycles. The Morgan fingerprint density at radius 1 is 1.24 bits per heavy atom. The number of hydrogen-bond acceptors (Lipinski definition) is 8. The average molecular weight is 550 g/mol. The summed E-state index contributed by atoms with van der Waals surface area (Å²) in [6, 6.07) is 16.3. The second kappa shape index (κ2) is 10.2. The molecule has 0 fully saturated rings. The van der Waals surface area contributed by atoms with Gasteiger partial charge < -0.3 is 9.15 Å². The molecule has 9 nitrogen and oxygen atoms in total. The summed E-state index contributed by atoms with van der Waals surface area (Å²) in [5.41, 5.74) is 1.44. The van der Waals surface area contributed by atoms with E-state index in [1.54, 1.807) is 38.1 Å². The fourth-order valence-electron chi connectivity index (χ4n) is 4.26. The fourth-order valence-corrected chi connectivity index (χ4v) is 5.48. The number of aromatic nitrogens is 1. The van der Waals surface area contributed by atoms with Crippen LogP contribution in [0.15, 0.2) is 86.1 Å². The largest absolute Gasteiger partial charge is 0.463 e. The van der Waals surface area contributed by atoms with Crippen LogP contribution in [0.1, 0.15) is 31.2 Å². The van der Waals surface area contributed by atoms with Gasteiger partial charge in [-0.2, -0.15) is 0 Å². The van der Waals surface area contributed by atoms with Gasteiger partial charge in [-0.1, -0.05) is 53.3 Å². The van der Waals surface area contributed by atoms with Crippen LogP contribution in [0.25, 0.3) is 17.4 Å². The summed E-state index contributed by atoms with van der Waals surface area (Å²) in [5.74, 6) is 0.233. The first-order valence-electron chi connectivity index (χ1n) is 11.6. The molecule has 11 heteroatoms. The van der Waals surface area contributed by atoms with Gasteiger partial charge in [0.25, 0.3) is 11.2 Å². The molecule has 0 radical (unpaired) electrons. The van der Waals surface area contributed by atoms with Crippen molar-refractivity contribution in [3.05, 3.63) is 118 Å². The number of thiazole rings is 1. The van der Waals surface area contributed by atoms with Gasteiger partial charge in [-0.3, -0.25) is 19.5 Å². The van der Waals surface area contributed by atoms with Gasteiger partial charge in [0, 0.05) is 17.7 Å². The minimum atomic E-state index is -0.699. The van der Waals surface area contributed by atoms with Gasteiger partial charge in [0.2, 0.25) is 0 Å². The molecule has 2 aromatic carbocycles. The number of ether oxygens (including phenoxy) is 1. The van der Waals surface area contributed by atoms with Gasteiger partial charge in [0.15, 0.2) is 4.80 Å². The Labute approximate surface area is 224 Å². The molecule has 0 aliphatic carbocycles. The number of nitrogens with zero attached hydrogens (tertiary/aromatic N) is 3. The summed E-state index contributed by atoms with van der Waals surface area (Å²) in [7, 11) is 0. The van der Waals surface area contributed by atoms with E-state index >= 15 is 0 Å². The predicted molar refractivity (Wildman–Crippen MR) is 143 cm³/mol. The normalized spacial score (nSPS) is 15.2. The second-order valence-corrected chi connectivity index (χ2v) is 9.75. The van der Waals surface area contributed by atoms with E-state index in [2.05, 4.69) is 4.99 Å². The van der Waals surface area contributed by atoms with Crippen LogP contribution >= 0.6 is 22.9 Å². The number of allylic oxidation sites excluding steroid dienone is 1. The van der Waals surface area contributed by atoms with Crippen LogP contribution in [0.5, 0.6) is 0 Å². The number of esters is 1. The standard InChI is InChI=1S/C27H20ClN3O6S/c1-3-36-26(33)23-15(2)29-27-30(24(23)16-7-5-4-6-8-16)25(32)22(38-27)14-18-10-12-21(37-18)17-9-11-19(28)20(13-17)31(34)35/h4-14,24H,3H2,1-2H3. The molecular formula is C27H20ClN3O6S. The highest BCUT2D eigenvalue weighted by Gasteiger charge is 2.33. The first-order chi connectivity index (χ1) is 18.3. The molecule has 192 valence electrons. The molecule has 0 amide bonds. The minimum Gasteiger partial charge on any atom is -0.463 e. The molecule has 38 heavy (non-hydrogen) atoms. The molecule has 0 N–H and O–H groups in total. The summed E-state index contributed by atoms with van der Waals surface area (Å²) in [5, 5.41) is 11.3. The molecular weight excluding hydrogens is 530 g/mol. The van der Waals surface area contributed by atoms with Gasteiger partial charge >= 0.3 is 5.97 Å². The third kappa shape index (κ3) is 4.59. The Morgan fingerprint density at radius 2 is 2.00 bits per heavy atom. The molecule has 5 rings (SSSR count). The quantitative estimate of drug-likeness (QED) is 0.197. The van der Waals surface area contributed by atoms with Crippen molar-refractivity contribution in [2.75, 3.05) is 6.61 Å². The summed E-state index contributed by atoms with van der Waals surface area (Å²) in [6.45, 7) is 3.64. The number of halogens is 1. The van der Waals surface area contributed by atoms with Gasteiger partial charge in [-0.15, -0.1) is 0 Å². The van der Waals surface area contributed by atoms with E-state index in [1.165, 1.54) is 28.0 Å². The third-order valence-electron chi connectivity index (χ3n) is 5.96. The van der Waals surface area contributed by atoms with E-state index in [1.807, 2.05) is 30.3 Å². The lowest BCUT2D eigenvalue weighted by molar-refractivity contribution is -0.384. The molecule has 0 spiro atoms. The Morgan fingerprint density at radius 3 is 2.71 bits per heavy atom. The summed E-state index contributed by atoms with van der Waals surface area (Å²) < 4.78 is 13.0. The molecule has 4 aromatic rings. The minimum absolute atomic E-state index is 0.0251. The maximum Gasteiger partial charge on any atom is 0.338 e. The van der Waals surface area contributed by atoms with E-state index in [4.69, 9.17) is 20.8 Å². The number of carbonyl (C=O) groups is 1. The highest BCUT2D eigenvalue weighted by molar-refractivity contribution is 7.07. The molecule has 1 unspecified atom stereocenters. The van der Waals surface area contributed by atoms with E-state index in [0.29, 0.717) is 37.7 Å². The average Bonchev–Trinajstić information content (AvgIpc) is 3.48. The van der Waals surface area contributed by atoms with Crippen LogP contribution < -0.4 is 14.9 Å². The maximum absolute atomic E-state index is 13.6. The van der Waals surface area contributed by atoms with Crippen LogP contribution in [0, 0.1) is 10.1 Å². The van der Waals surface area contributed by atoms with Gasteiger partial charge in [-0.25, -0.2) is 9.79 Å². The van der Waals surface area contributed by atoms with Crippen LogP contribution in [0.2, 0.25) is 5.02 Å². The van der Waals surface area contributed by atoms with Crippen molar-refractivity contribution in [2.24, 2.45) is 4.99 Å². The van der Waals surface area contributed by atoms with Crippen LogP contribution in [-0.2, 0) is 9.53 Å². The monoisotopic (exact) mass is 549 g/mol. The molecule has 0 saturated heterocycles. The third-order valence-corrected chi connectivity index (χ3v) is 7.26. The summed E-state index contributed by atoms with van der Waals surface area (Å²) in [6.07, 6.45) is 1.59. The number of furan rings is 1. The Balaban J connectivity index is 1.61. The lowest BCUT2D eigenvalue weighted by atomic mass is 9.96. The number of rotatable bonds is 6. The van der Waals surface area contributed by atoms with E-state index in [-0.39, 0.29) is 22.9 Å². The van der Waals surface area contributed by atoms with Gasteiger partial charge in [0.05, 0.1) is 33.4 Å². The van der Waals surface area contributed by atoms with E-state index < -0.39 is 16.9 Å². The first-order valence-corrected chi connectivity index (χ1v) is 12.8. The molecule has 3 heterocycles. The zero-order valence-electron chi connectivity index (χ0n) is 20.2. The number of nitro benzene ring substituents is 1. The zero-order valence-corrected chi connectivity index (χ0v) is 21.8. The lowest BCUT2D eigenvalue weighted by Gasteiger charge is -2.24. The Hall–Kier alpha value is -4.28. The Bertz CT molecular complexity index is 1780. The fraction of sp³-hybridized carbons (Fsp3) is 0.148. The number of fused-ring (bicyclic) bond motifs is 1. The van der Waals surface area contributed by atoms with Crippen molar-refractivity contribution < 1.29 is 18.9 Å². The van der Waals surface area contributed by atoms with Crippen molar-refractivity contribution in [1.82, 2.24) is 4.57 Å². The topological polar surface area (TPSA) is 117 Å². The Kier molecular flexibility index (Phi) is 6.83. The van der Waals surface area contributed by atoms with Crippen molar-refractivity contribution in [3.63, 3.8) is 0 Å². The number of nitro groups is 1. The van der Waals surface area contributed by atoms with Crippen LogP contribution in [-0.4, -0.2) is 22.1 Å². The number of hydrogen-bond donors (Lipinski definition) is 0. The van der Waals surface area contributed by atoms with Crippen LogP contribution in [0.3, 0.4) is 0 Å². The van der Waals surface area contributed by atoms with Crippen molar-refractivity contribution in [2.45, 2.75) is 19.9 Å². The SMILES string of the molecule is CCOC(=O)C1=C(C)N=c2sc(=Cc3ccc(-c4ccc(Cl)c([N+](=O)[O-])c4)o3)c(=O)n2C1c1ccccc1. The van der Waals surface area contributed by atoms with Gasteiger partial charge in [-0.05, 0) is 43.7 Å². The first kappa shape index (κ1) is 25.4. The number of benzene rings is 2. The van der Waals surface area contributed by atoms with Gasteiger partial charge in [0.1, 0.15) is 16.5 Å². The highest BCUT2D eigenvalue weighted by atomic mass is 35.5. The van der Waals surface area contributed by atoms with Crippen molar-refractivity contribution in [3.8, 4) is 11.3 Å². The lowest BCUT2D eigenvalue weighted by Crippen LogP contribution is -2.39. The van der Waals surface area contributed by atoms with Crippen LogP contribution in [0.4, 0.5) is 5.69 Å². The predicted octanol–water partition coefficient (Wildman–Crippen LogP) is 4.62. The van der Waals surface area contributed by atoms with E-state index in [0.717, 1.165) is 5.56 Å². The molecule has 0 bridgehead atoms. The summed E-state index contributed by atoms with van der Waals surface area (Å²) >= 11 is 7.09. The van der Waals surface area contributed by atoms with Crippen molar-refractivity contribution >= 4 is 40.7 Å². The highest BCUT2D eigenvalue weighted by Crippen LogP contribution is 2.32. The molecule has 1 aliphatic heterocycles. The van der Waals surface area contributed by atoms with E-state index in [9.17, 15) is 19.7 Å². The smallest absolute Gasteiger partial charge is 0.338 e. The molecule has 1 atom stereocenters. The van der Waals surface area contributed by atoms with Crippen molar-refractivity contribution in [1.29, 1.82) is 0 Å². The number of carbonyl (C=O) groups excluding carboxylic acids is 1. The molecule has 1 aliphatic rings. The second-order valence-electron chi connectivity index (χ2n) is 8.34. The summed E-state index contributed by atoms with van der Waals surface area (Å²) in [4.78, 5) is 42.2. The molecule has 2 aromatic heterocycles. The maximum atomic E-state index is 13.6.